The standard InChI is InChI=1S/C12H18O3/c1-3-10-5-6-11(12(9-10)14-2)15-8-4-7-13/h5-6,9,13H,3-4,7-8H2,1-2H3. The van der Waals surface area contributed by atoms with Crippen LogP contribution in [0.4, 0.5) is 0 Å². The van der Waals surface area contributed by atoms with E-state index in [1.165, 1.54) is 5.56 Å². The first-order chi connectivity index (χ1) is 7.31. The maximum Gasteiger partial charge on any atom is 0.161 e. The van der Waals surface area contributed by atoms with Crippen LogP contribution in [0, 0.1) is 0 Å². The van der Waals surface area contributed by atoms with E-state index in [-0.39, 0.29) is 6.61 Å². The van der Waals surface area contributed by atoms with Crippen molar-refractivity contribution in [1.29, 1.82) is 0 Å². The van der Waals surface area contributed by atoms with Crippen LogP contribution in [0.3, 0.4) is 0 Å². The van der Waals surface area contributed by atoms with Gasteiger partial charge in [-0.15, -0.1) is 0 Å². The zero-order chi connectivity index (χ0) is 11.1. The number of aliphatic hydroxyl groups is 1. The van der Waals surface area contributed by atoms with Crippen LogP contribution in [0.1, 0.15) is 18.9 Å². The Hall–Kier alpha value is -1.22. The monoisotopic (exact) mass is 210 g/mol. The molecule has 0 aromatic heterocycles. The zero-order valence-corrected chi connectivity index (χ0v) is 9.32. The summed E-state index contributed by atoms with van der Waals surface area (Å²) in [6.07, 6.45) is 1.62. The van der Waals surface area contributed by atoms with Gasteiger partial charge in [0.2, 0.25) is 0 Å². The van der Waals surface area contributed by atoms with Crippen molar-refractivity contribution in [3.63, 3.8) is 0 Å². The molecule has 84 valence electrons. The van der Waals surface area contributed by atoms with Crippen LogP contribution < -0.4 is 9.47 Å². The van der Waals surface area contributed by atoms with Gasteiger partial charge in [0.05, 0.1) is 13.7 Å². The van der Waals surface area contributed by atoms with Gasteiger partial charge in [0.1, 0.15) is 0 Å². The van der Waals surface area contributed by atoms with Gasteiger partial charge in [-0.3, -0.25) is 0 Å². The zero-order valence-electron chi connectivity index (χ0n) is 9.32. The summed E-state index contributed by atoms with van der Waals surface area (Å²) in [6, 6.07) is 5.92. The molecule has 0 bridgehead atoms. The van der Waals surface area contributed by atoms with Gasteiger partial charge < -0.3 is 14.6 Å². The third-order valence-corrected chi connectivity index (χ3v) is 2.20. The lowest BCUT2D eigenvalue weighted by Gasteiger charge is -2.11. The second-order valence-corrected chi connectivity index (χ2v) is 3.26. The highest BCUT2D eigenvalue weighted by Crippen LogP contribution is 2.28. The van der Waals surface area contributed by atoms with Crippen LogP contribution in [-0.4, -0.2) is 25.4 Å². The van der Waals surface area contributed by atoms with Crippen molar-refractivity contribution in [3.05, 3.63) is 23.8 Å². The Bertz CT molecular complexity index is 297. The normalized spacial score (nSPS) is 10.1. The Morgan fingerprint density at radius 2 is 2.07 bits per heavy atom. The molecular formula is C12H18O3. The fourth-order valence-corrected chi connectivity index (χ4v) is 1.30. The molecule has 0 radical (unpaired) electrons. The Morgan fingerprint density at radius 3 is 2.67 bits per heavy atom. The fraction of sp³-hybridized carbons (Fsp3) is 0.500. The first kappa shape index (κ1) is 11.9. The van der Waals surface area contributed by atoms with Crippen molar-refractivity contribution in [2.24, 2.45) is 0 Å². The molecule has 0 amide bonds. The molecule has 0 saturated carbocycles. The predicted octanol–water partition coefficient (Wildman–Crippen LogP) is 2.02. The molecule has 0 fully saturated rings. The minimum absolute atomic E-state index is 0.148. The predicted molar refractivity (Wildman–Crippen MR) is 59.6 cm³/mol. The number of aryl methyl sites for hydroxylation is 1. The van der Waals surface area contributed by atoms with Gasteiger partial charge in [-0.05, 0) is 24.1 Å². The molecule has 1 aromatic carbocycles. The summed E-state index contributed by atoms with van der Waals surface area (Å²) in [5, 5.41) is 8.64. The van der Waals surface area contributed by atoms with Crippen molar-refractivity contribution in [2.75, 3.05) is 20.3 Å². The SMILES string of the molecule is CCc1ccc(OCCCO)c(OC)c1. The molecule has 0 spiro atoms. The lowest BCUT2D eigenvalue weighted by atomic mass is 10.1. The molecule has 0 aliphatic rings. The molecule has 1 N–H and O–H groups in total. The molecule has 3 heteroatoms. The third kappa shape index (κ3) is 3.44. The largest absolute Gasteiger partial charge is 0.493 e. The van der Waals surface area contributed by atoms with Gasteiger partial charge in [-0.1, -0.05) is 13.0 Å². The summed E-state index contributed by atoms with van der Waals surface area (Å²) in [7, 11) is 1.63. The highest BCUT2D eigenvalue weighted by Gasteiger charge is 2.04. The van der Waals surface area contributed by atoms with Gasteiger partial charge in [0.15, 0.2) is 11.5 Å². The fourth-order valence-electron chi connectivity index (χ4n) is 1.30. The number of hydrogen-bond acceptors (Lipinski definition) is 3. The molecule has 0 aliphatic heterocycles. The van der Waals surface area contributed by atoms with Crippen LogP contribution in [0.15, 0.2) is 18.2 Å². The number of rotatable bonds is 6. The van der Waals surface area contributed by atoms with E-state index in [9.17, 15) is 0 Å². The number of hydrogen-bond donors (Lipinski definition) is 1. The third-order valence-electron chi connectivity index (χ3n) is 2.20. The average Bonchev–Trinajstić information content (AvgIpc) is 2.29. The van der Waals surface area contributed by atoms with Gasteiger partial charge in [0.25, 0.3) is 0 Å². The van der Waals surface area contributed by atoms with E-state index in [0.29, 0.717) is 13.0 Å². The molecule has 0 saturated heterocycles. The van der Waals surface area contributed by atoms with Crippen molar-refractivity contribution in [1.82, 2.24) is 0 Å². The summed E-state index contributed by atoms with van der Waals surface area (Å²) < 4.78 is 10.7. The summed E-state index contributed by atoms with van der Waals surface area (Å²) in [6.45, 7) is 2.76. The lowest BCUT2D eigenvalue weighted by Crippen LogP contribution is -2.01. The van der Waals surface area contributed by atoms with Gasteiger partial charge in [-0.2, -0.15) is 0 Å². The van der Waals surface area contributed by atoms with E-state index in [2.05, 4.69) is 6.92 Å². The summed E-state index contributed by atoms with van der Waals surface area (Å²) >= 11 is 0. The Kier molecular flexibility index (Phi) is 4.98. The summed E-state index contributed by atoms with van der Waals surface area (Å²) in [4.78, 5) is 0. The van der Waals surface area contributed by atoms with Crippen LogP contribution in [0.5, 0.6) is 11.5 Å². The molecular weight excluding hydrogens is 192 g/mol. The quantitative estimate of drug-likeness (QED) is 0.730. The second-order valence-electron chi connectivity index (χ2n) is 3.26. The Labute approximate surface area is 90.6 Å². The van der Waals surface area contributed by atoms with Gasteiger partial charge >= 0.3 is 0 Å². The van der Waals surface area contributed by atoms with E-state index in [1.807, 2.05) is 18.2 Å². The average molecular weight is 210 g/mol. The maximum atomic E-state index is 8.64. The van der Waals surface area contributed by atoms with E-state index in [0.717, 1.165) is 17.9 Å². The molecule has 0 unspecified atom stereocenters. The minimum Gasteiger partial charge on any atom is -0.493 e. The van der Waals surface area contributed by atoms with E-state index in [4.69, 9.17) is 14.6 Å². The molecule has 0 aliphatic carbocycles. The van der Waals surface area contributed by atoms with E-state index < -0.39 is 0 Å². The molecule has 1 rings (SSSR count). The highest BCUT2D eigenvalue weighted by molar-refractivity contribution is 5.42. The Morgan fingerprint density at radius 1 is 1.27 bits per heavy atom. The van der Waals surface area contributed by atoms with Crippen LogP contribution >= 0.6 is 0 Å². The maximum absolute atomic E-state index is 8.64. The smallest absolute Gasteiger partial charge is 0.161 e. The summed E-state index contributed by atoms with van der Waals surface area (Å²) in [5.74, 6) is 1.50. The molecule has 15 heavy (non-hydrogen) atoms. The lowest BCUT2D eigenvalue weighted by molar-refractivity contribution is 0.228. The number of aliphatic hydroxyl groups excluding tert-OH is 1. The highest BCUT2D eigenvalue weighted by atomic mass is 16.5. The summed E-state index contributed by atoms with van der Waals surface area (Å²) in [5.41, 5.74) is 1.22. The van der Waals surface area contributed by atoms with Crippen LogP contribution in [0.25, 0.3) is 0 Å². The number of benzene rings is 1. The molecule has 0 heterocycles. The molecule has 0 atom stereocenters. The van der Waals surface area contributed by atoms with E-state index >= 15 is 0 Å². The van der Waals surface area contributed by atoms with Crippen LogP contribution in [0.2, 0.25) is 0 Å². The van der Waals surface area contributed by atoms with Gasteiger partial charge in [-0.25, -0.2) is 0 Å². The van der Waals surface area contributed by atoms with Gasteiger partial charge in [0, 0.05) is 13.0 Å². The number of methoxy groups -OCH3 is 1. The molecule has 1 aromatic rings. The first-order valence-electron chi connectivity index (χ1n) is 5.22. The van der Waals surface area contributed by atoms with Crippen LogP contribution in [-0.2, 0) is 6.42 Å². The van der Waals surface area contributed by atoms with Crippen molar-refractivity contribution >= 4 is 0 Å². The minimum atomic E-state index is 0.148. The van der Waals surface area contributed by atoms with Crippen molar-refractivity contribution in [3.8, 4) is 11.5 Å². The van der Waals surface area contributed by atoms with E-state index in [1.54, 1.807) is 7.11 Å². The van der Waals surface area contributed by atoms with Crippen molar-refractivity contribution in [2.45, 2.75) is 19.8 Å². The topological polar surface area (TPSA) is 38.7 Å². The van der Waals surface area contributed by atoms with Crippen molar-refractivity contribution < 1.29 is 14.6 Å². The molecule has 3 nitrogen and oxygen atoms in total. The number of ether oxygens (including phenoxy) is 2. The second kappa shape index (κ2) is 6.30. The Balaban J connectivity index is 2.69. The first-order valence-corrected chi connectivity index (χ1v) is 5.22.